The fraction of sp³-hybridized carbons (Fsp3) is 0.875. The number of hydrogen-bond acceptors (Lipinski definition) is 4. The van der Waals surface area contributed by atoms with E-state index in [4.69, 9.17) is 4.74 Å². The molecule has 2 aliphatic heterocycles. The van der Waals surface area contributed by atoms with Crippen LogP contribution in [0.4, 0.5) is 4.79 Å². The van der Waals surface area contributed by atoms with Crippen molar-refractivity contribution in [3.8, 4) is 0 Å². The van der Waals surface area contributed by atoms with Crippen LogP contribution >= 0.6 is 0 Å². The van der Waals surface area contributed by atoms with Crippen molar-refractivity contribution in [1.29, 1.82) is 0 Å². The van der Waals surface area contributed by atoms with E-state index in [1.165, 1.54) is 12.8 Å². The molecule has 0 unspecified atom stereocenters. The van der Waals surface area contributed by atoms with Gasteiger partial charge in [-0.1, -0.05) is 0 Å². The van der Waals surface area contributed by atoms with Crippen LogP contribution in [0.25, 0.3) is 0 Å². The summed E-state index contributed by atoms with van der Waals surface area (Å²) in [5.41, 5.74) is -0.427. The number of carbonyl (C=O) groups is 1. The molecule has 5 nitrogen and oxygen atoms in total. The summed E-state index contributed by atoms with van der Waals surface area (Å²) in [7, 11) is 1.82. The Morgan fingerprint density at radius 1 is 1.33 bits per heavy atom. The first-order valence-corrected chi connectivity index (χ1v) is 8.05. The summed E-state index contributed by atoms with van der Waals surface area (Å²) in [6.45, 7) is 6.78. The molecule has 2 bridgehead atoms. The van der Waals surface area contributed by atoms with Gasteiger partial charge in [-0.15, -0.1) is 0 Å². The largest absolute Gasteiger partial charge is 0.444 e. The SMILES string of the molecule is C/N=C\CCN1[C@@H]2CC[C@H]1C[C@H](NC(=O)OC(C)(C)C)C2. The third kappa shape index (κ3) is 4.70. The molecule has 0 aromatic rings. The summed E-state index contributed by atoms with van der Waals surface area (Å²) in [6.07, 6.45) is 7.32. The third-order valence-electron chi connectivity index (χ3n) is 4.30. The average molecular weight is 295 g/mol. The van der Waals surface area contributed by atoms with Crippen molar-refractivity contribution in [2.24, 2.45) is 4.99 Å². The minimum absolute atomic E-state index is 0.258. The Balaban J connectivity index is 1.82. The van der Waals surface area contributed by atoms with Crippen LogP contribution in [-0.4, -0.2) is 54.5 Å². The summed E-state index contributed by atoms with van der Waals surface area (Å²) in [5, 5.41) is 3.05. The number of piperidine rings is 1. The Bertz CT molecular complexity index is 375. The molecule has 3 atom stereocenters. The lowest BCUT2D eigenvalue weighted by molar-refractivity contribution is 0.0445. The first-order valence-electron chi connectivity index (χ1n) is 8.05. The normalized spacial score (nSPS) is 29.8. The van der Waals surface area contributed by atoms with Gasteiger partial charge in [0.05, 0.1) is 0 Å². The van der Waals surface area contributed by atoms with Crippen LogP contribution in [-0.2, 0) is 4.74 Å². The highest BCUT2D eigenvalue weighted by atomic mass is 16.6. The molecule has 5 heteroatoms. The molecule has 0 radical (unpaired) electrons. The van der Waals surface area contributed by atoms with E-state index in [9.17, 15) is 4.79 Å². The predicted molar refractivity (Wildman–Crippen MR) is 84.9 cm³/mol. The van der Waals surface area contributed by atoms with Gasteiger partial charge in [-0.2, -0.15) is 0 Å². The average Bonchev–Trinajstić information content (AvgIpc) is 2.59. The van der Waals surface area contributed by atoms with E-state index in [2.05, 4.69) is 15.2 Å². The van der Waals surface area contributed by atoms with Gasteiger partial charge >= 0.3 is 6.09 Å². The topological polar surface area (TPSA) is 53.9 Å². The van der Waals surface area contributed by atoms with E-state index in [0.29, 0.717) is 12.1 Å². The predicted octanol–water partition coefficient (Wildman–Crippen LogP) is 2.60. The van der Waals surface area contributed by atoms with Crippen LogP contribution < -0.4 is 5.32 Å². The second-order valence-electron chi connectivity index (χ2n) is 7.17. The molecule has 0 aromatic carbocycles. The standard InChI is InChI=1S/C16H29N3O2/c1-16(2,3)21-15(20)18-12-10-13-6-7-14(11-12)19(13)9-5-8-17-4/h8,12-14H,5-7,9-11H2,1-4H3,(H,18,20)/b17-8-/t12-,13-,14+. The van der Waals surface area contributed by atoms with Crippen molar-refractivity contribution >= 4 is 12.3 Å². The van der Waals surface area contributed by atoms with Gasteiger partial charge in [0.2, 0.25) is 0 Å². The Hall–Kier alpha value is -1.10. The number of carbonyl (C=O) groups excluding carboxylic acids is 1. The van der Waals surface area contributed by atoms with Crippen LogP contribution in [0.15, 0.2) is 4.99 Å². The van der Waals surface area contributed by atoms with E-state index < -0.39 is 5.60 Å². The minimum atomic E-state index is -0.427. The highest BCUT2D eigenvalue weighted by Gasteiger charge is 2.40. The number of hydrogen-bond donors (Lipinski definition) is 1. The second kappa shape index (κ2) is 6.77. The number of nitrogens with one attached hydrogen (secondary N) is 1. The van der Waals surface area contributed by atoms with E-state index >= 15 is 0 Å². The lowest BCUT2D eigenvalue weighted by Crippen LogP contribution is -2.51. The maximum Gasteiger partial charge on any atom is 0.407 e. The van der Waals surface area contributed by atoms with Gasteiger partial charge in [-0.25, -0.2) is 4.79 Å². The molecule has 1 amide bonds. The number of fused-ring (bicyclic) bond motifs is 2. The van der Waals surface area contributed by atoms with Gasteiger partial charge in [0, 0.05) is 31.7 Å². The second-order valence-corrected chi connectivity index (χ2v) is 7.17. The molecule has 0 spiro atoms. The number of ether oxygens (including phenoxy) is 1. The number of nitrogens with zero attached hydrogens (tertiary/aromatic N) is 2. The third-order valence-corrected chi connectivity index (χ3v) is 4.30. The monoisotopic (exact) mass is 295 g/mol. The highest BCUT2D eigenvalue weighted by molar-refractivity contribution is 5.68. The van der Waals surface area contributed by atoms with Crippen LogP contribution in [0.2, 0.25) is 0 Å². The zero-order valence-electron chi connectivity index (χ0n) is 13.8. The van der Waals surface area contributed by atoms with Crippen molar-refractivity contribution in [2.45, 2.75) is 76.6 Å². The zero-order valence-corrected chi connectivity index (χ0v) is 13.8. The molecular weight excluding hydrogens is 266 g/mol. The van der Waals surface area contributed by atoms with E-state index in [0.717, 1.165) is 25.8 Å². The molecule has 0 aromatic heterocycles. The summed E-state index contributed by atoms with van der Waals surface area (Å²) in [5.74, 6) is 0. The fourth-order valence-electron chi connectivity index (χ4n) is 3.57. The van der Waals surface area contributed by atoms with E-state index in [1.54, 1.807) is 0 Å². The molecule has 120 valence electrons. The molecule has 21 heavy (non-hydrogen) atoms. The maximum atomic E-state index is 11.9. The molecular formula is C16H29N3O2. The molecule has 2 aliphatic rings. The quantitative estimate of drug-likeness (QED) is 0.811. The Kier molecular flexibility index (Phi) is 5.25. The molecule has 1 N–H and O–H groups in total. The lowest BCUT2D eigenvalue weighted by Gasteiger charge is -2.39. The summed E-state index contributed by atoms with van der Waals surface area (Å²) >= 11 is 0. The summed E-state index contributed by atoms with van der Waals surface area (Å²) in [4.78, 5) is 18.5. The van der Waals surface area contributed by atoms with Crippen LogP contribution in [0.5, 0.6) is 0 Å². The van der Waals surface area contributed by atoms with Crippen LogP contribution in [0.3, 0.4) is 0 Å². The van der Waals surface area contributed by atoms with Crippen LogP contribution in [0, 0.1) is 0 Å². The molecule has 0 aliphatic carbocycles. The first kappa shape index (κ1) is 16.3. The van der Waals surface area contributed by atoms with Gasteiger partial charge in [0.25, 0.3) is 0 Å². The number of alkyl carbamates (subject to hydrolysis) is 1. The minimum Gasteiger partial charge on any atom is -0.444 e. The smallest absolute Gasteiger partial charge is 0.407 e. The maximum absolute atomic E-state index is 11.9. The van der Waals surface area contributed by atoms with Gasteiger partial charge in [-0.05, 0) is 59.1 Å². The van der Waals surface area contributed by atoms with Crippen molar-refractivity contribution in [2.75, 3.05) is 13.6 Å². The summed E-state index contributed by atoms with van der Waals surface area (Å²) < 4.78 is 5.36. The van der Waals surface area contributed by atoms with Crippen molar-refractivity contribution in [3.05, 3.63) is 0 Å². The van der Waals surface area contributed by atoms with E-state index in [1.807, 2.05) is 34.0 Å². The zero-order chi connectivity index (χ0) is 15.5. The van der Waals surface area contributed by atoms with Gasteiger partial charge in [0.15, 0.2) is 0 Å². The summed E-state index contributed by atoms with van der Waals surface area (Å²) in [6, 6.07) is 1.47. The van der Waals surface area contributed by atoms with Crippen molar-refractivity contribution < 1.29 is 9.53 Å². The molecule has 2 rings (SSSR count). The Morgan fingerprint density at radius 3 is 2.48 bits per heavy atom. The van der Waals surface area contributed by atoms with Gasteiger partial charge in [-0.3, -0.25) is 4.90 Å². The van der Waals surface area contributed by atoms with Gasteiger partial charge < -0.3 is 15.0 Å². The van der Waals surface area contributed by atoms with Crippen LogP contribution in [0.1, 0.15) is 52.9 Å². The lowest BCUT2D eigenvalue weighted by atomic mass is 9.97. The number of aliphatic imine (C=N–C) groups is 1. The molecule has 2 saturated heterocycles. The van der Waals surface area contributed by atoms with E-state index in [-0.39, 0.29) is 12.1 Å². The van der Waals surface area contributed by atoms with Crippen molar-refractivity contribution in [3.63, 3.8) is 0 Å². The first-order chi connectivity index (χ1) is 9.89. The van der Waals surface area contributed by atoms with Crippen molar-refractivity contribution in [1.82, 2.24) is 10.2 Å². The fourth-order valence-corrected chi connectivity index (χ4v) is 3.57. The Morgan fingerprint density at radius 2 is 1.95 bits per heavy atom. The Labute approximate surface area is 128 Å². The highest BCUT2D eigenvalue weighted by Crippen LogP contribution is 2.35. The number of rotatable bonds is 4. The molecule has 2 heterocycles. The molecule has 2 fully saturated rings. The number of amides is 1. The molecule has 0 saturated carbocycles. The van der Waals surface area contributed by atoms with Gasteiger partial charge in [0.1, 0.15) is 5.60 Å².